The lowest BCUT2D eigenvalue weighted by atomic mass is 9.93. The molecule has 1 aliphatic carbocycles. The number of nitrogens with one attached hydrogen (secondary N) is 2. The molecule has 0 bridgehead atoms. The number of rotatable bonds is 6. The standard InChI is InChI=1S/C18H24N6O2/c1-11-14(10-22-23(11)2)17-13(9-16(25)24(17)12-3-4-12)18(26)21-6-5-15-19-7-8-20-15/h7-8,10,12-13,17H,3-6,9H2,1-2H3,(H,19,20)(H,21,26)/t13-,17-/m0/s1. The van der Waals surface area contributed by atoms with Crippen LogP contribution in [0.3, 0.4) is 0 Å². The highest BCUT2D eigenvalue weighted by Gasteiger charge is 2.50. The van der Waals surface area contributed by atoms with Gasteiger partial charge in [0.15, 0.2) is 0 Å². The molecule has 138 valence electrons. The van der Waals surface area contributed by atoms with Crippen molar-refractivity contribution in [2.75, 3.05) is 6.54 Å². The summed E-state index contributed by atoms with van der Waals surface area (Å²) in [7, 11) is 1.88. The molecular weight excluding hydrogens is 332 g/mol. The zero-order valence-corrected chi connectivity index (χ0v) is 15.1. The maximum atomic E-state index is 12.9. The van der Waals surface area contributed by atoms with Gasteiger partial charge in [0.05, 0.1) is 18.2 Å². The summed E-state index contributed by atoms with van der Waals surface area (Å²) in [6.07, 6.45) is 8.22. The van der Waals surface area contributed by atoms with E-state index in [9.17, 15) is 9.59 Å². The van der Waals surface area contributed by atoms with E-state index >= 15 is 0 Å². The van der Waals surface area contributed by atoms with Crippen molar-refractivity contribution in [1.82, 2.24) is 30.0 Å². The van der Waals surface area contributed by atoms with Crippen LogP contribution in [0.4, 0.5) is 0 Å². The van der Waals surface area contributed by atoms with Gasteiger partial charge in [-0.2, -0.15) is 5.10 Å². The van der Waals surface area contributed by atoms with E-state index in [-0.39, 0.29) is 36.2 Å². The Morgan fingerprint density at radius 3 is 2.85 bits per heavy atom. The first-order valence-corrected chi connectivity index (χ1v) is 9.12. The summed E-state index contributed by atoms with van der Waals surface area (Å²) in [5.74, 6) is 0.475. The molecule has 4 rings (SSSR count). The van der Waals surface area contributed by atoms with Crippen LogP contribution >= 0.6 is 0 Å². The second-order valence-electron chi connectivity index (χ2n) is 7.17. The summed E-state index contributed by atoms with van der Waals surface area (Å²) in [5, 5.41) is 7.31. The number of amides is 2. The Balaban J connectivity index is 1.52. The Bertz CT molecular complexity index is 808. The average Bonchev–Trinajstić information content (AvgIpc) is 3.05. The molecule has 2 aromatic heterocycles. The molecule has 26 heavy (non-hydrogen) atoms. The Morgan fingerprint density at radius 2 is 2.23 bits per heavy atom. The topological polar surface area (TPSA) is 95.9 Å². The maximum absolute atomic E-state index is 12.9. The molecule has 8 heteroatoms. The zero-order valence-electron chi connectivity index (χ0n) is 15.1. The van der Waals surface area contributed by atoms with Crippen molar-refractivity contribution in [3.63, 3.8) is 0 Å². The molecule has 0 radical (unpaired) electrons. The van der Waals surface area contributed by atoms with Gasteiger partial charge in [-0.05, 0) is 19.8 Å². The van der Waals surface area contributed by atoms with Crippen LogP contribution in [0.5, 0.6) is 0 Å². The number of imidazole rings is 1. The number of aryl methyl sites for hydroxylation is 1. The van der Waals surface area contributed by atoms with Crippen LogP contribution < -0.4 is 5.32 Å². The fourth-order valence-corrected chi connectivity index (χ4v) is 3.82. The number of aromatic nitrogens is 4. The summed E-state index contributed by atoms with van der Waals surface area (Å²) >= 11 is 0. The first-order chi connectivity index (χ1) is 12.6. The molecule has 0 aromatic carbocycles. The molecule has 0 unspecified atom stereocenters. The first-order valence-electron chi connectivity index (χ1n) is 9.12. The second-order valence-corrected chi connectivity index (χ2v) is 7.17. The second kappa shape index (κ2) is 6.59. The van der Waals surface area contributed by atoms with Crippen LogP contribution in [0.25, 0.3) is 0 Å². The SMILES string of the molecule is Cc1c([C@@H]2[C@@H](C(=O)NCCc3ncc[nH]3)CC(=O)N2C2CC2)cnn1C. The third-order valence-electron chi connectivity index (χ3n) is 5.45. The van der Waals surface area contributed by atoms with Crippen molar-refractivity contribution in [1.29, 1.82) is 0 Å². The number of hydrogen-bond donors (Lipinski definition) is 2. The van der Waals surface area contributed by atoms with Crippen molar-refractivity contribution in [3.05, 3.63) is 35.7 Å². The lowest BCUT2D eigenvalue weighted by Crippen LogP contribution is -2.37. The van der Waals surface area contributed by atoms with E-state index in [0.717, 1.165) is 29.9 Å². The van der Waals surface area contributed by atoms with Gasteiger partial charge in [-0.25, -0.2) is 4.98 Å². The van der Waals surface area contributed by atoms with Crippen molar-refractivity contribution < 1.29 is 9.59 Å². The van der Waals surface area contributed by atoms with Crippen molar-refractivity contribution in [2.24, 2.45) is 13.0 Å². The van der Waals surface area contributed by atoms with Crippen LogP contribution in [-0.2, 0) is 23.1 Å². The van der Waals surface area contributed by atoms with Crippen LogP contribution in [0, 0.1) is 12.8 Å². The fraction of sp³-hybridized carbons (Fsp3) is 0.556. The van der Waals surface area contributed by atoms with E-state index in [1.807, 2.05) is 18.9 Å². The highest BCUT2D eigenvalue weighted by molar-refractivity contribution is 5.90. The van der Waals surface area contributed by atoms with Crippen LogP contribution in [-0.4, -0.2) is 49.0 Å². The molecule has 2 atom stereocenters. The smallest absolute Gasteiger partial charge is 0.226 e. The monoisotopic (exact) mass is 356 g/mol. The normalized spacial score (nSPS) is 22.8. The molecule has 2 fully saturated rings. The van der Waals surface area contributed by atoms with Gasteiger partial charge in [-0.15, -0.1) is 0 Å². The van der Waals surface area contributed by atoms with E-state index in [0.29, 0.717) is 13.0 Å². The van der Waals surface area contributed by atoms with Crippen LogP contribution in [0.2, 0.25) is 0 Å². The number of nitrogens with zero attached hydrogens (tertiary/aromatic N) is 4. The minimum absolute atomic E-state index is 0.0682. The zero-order chi connectivity index (χ0) is 18.3. The molecule has 1 aliphatic heterocycles. The minimum atomic E-state index is -0.373. The van der Waals surface area contributed by atoms with Gasteiger partial charge in [-0.1, -0.05) is 0 Å². The van der Waals surface area contributed by atoms with Crippen LogP contribution in [0.15, 0.2) is 18.6 Å². The molecule has 8 nitrogen and oxygen atoms in total. The van der Waals surface area contributed by atoms with Crippen LogP contribution in [0.1, 0.15) is 42.4 Å². The Labute approximate surface area is 152 Å². The van der Waals surface area contributed by atoms with Gasteiger partial charge in [-0.3, -0.25) is 14.3 Å². The molecule has 1 saturated carbocycles. The number of aromatic amines is 1. The van der Waals surface area contributed by atoms with Gasteiger partial charge in [0.2, 0.25) is 11.8 Å². The van der Waals surface area contributed by atoms with E-state index in [2.05, 4.69) is 20.4 Å². The quantitative estimate of drug-likeness (QED) is 0.802. The van der Waals surface area contributed by atoms with E-state index in [4.69, 9.17) is 0 Å². The Kier molecular flexibility index (Phi) is 4.26. The predicted octanol–water partition coefficient (Wildman–Crippen LogP) is 0.863. The molecular formula is C18H24N6O2. The van der Waals surface area contributed by atoms with Gasteiger partial charge in [0, 0.05) is 56.1 Å². The Hall–Kier alpha value is -2.64. The van der Waals surface area contributed by atoms with Crippen molar-refractivity contribution in [3.8, 4) is 0 Å². The lowest BCUT2D eigenvalue weighted by molar-refractivity contribution is -0.129. The van der Waals surface area contributed by atoms with Gasteiger partial charge >= 0.3 is 0 Å². The minimum Gasteiger partial charge on any atom is -0.355 e. The molecule has 2 aromatic rings. The largest absolute Gasteiger partial charge is 0.355 e. The fourth-order valence-electron chi connectivity index (χ4n) is 3.82. The highest BCUT2D eigenvalue weighted by atomic mass is 16.2. The van der Waals surface area contributed by atoms with Gasteiger partial charge in [0.25, 0.3) is 0 Å². The molecule has 2 aliphatic rings. The Morgan fingerprint density at radius 1 is 1.42 bits per heavy atom. The summed E-state index contributed by atoms with van der Waals surface area (Å²) in [6.45, 7) is 2.49. The van der Waals surface area contributed by atoms with Gasteiger partial charge in [0.1, 0.15) is 5.82 Å². The maximum Gasteiger partial charge on any atom is 0.226 e. The molecule has 0 spiro atoms. The van der Waals surface area contributed by atoms with Gasteiger partial charge < -0.3 is 15.2 Å². The predicted molar refractivity (Wildman–Crippen MR) is 94.0 cm³/mol. The number of H-pyrrole nitrogens is 1. The average molecular weight is 356 g/mol. The summed E-state index contributed by atoms with van der Waals surface area (Å²) < 4.78 is 1.80. The number of likely N-dealkylation sites (tertiary alicyclic amines) is 1. The number of carbonyl (C=O) groups is 2. The molecule has 3 heterocycles. The van der Waals surface area contributed by atoms with E-state index < -0.39 is 0 Å². The third-order valence-corrected chi connectivity index (χ3v) is 5.45. The number of carbonyl (C=O) groups excluding carboxylic acids is 2. The number of hydrogen-bond acceptors (Lipinski definition) is 4. The summed E-state index contributed by atoms with van der Waals surface area (Å²) in [5.41, 5.74) is 1.99. The first kappa shape index (κ1) is 16.8. The third kappa shape index (κ3) is 3.00. The lowest BCUT2D eigenvalue weighted by Gasteiger charge is -2.28. The molecule has 2 amide bonds. The highest BCUT2D eigenvalue weighted by Crippen LogP contribution is 2.45. The molecule has 2 N–H and O–H groups in total. The van der Waals surface area contributed by atoms with Crippen molar-refractivity contribution in [2.45, 2.75) is 44.7 Å². The van der Waals surface area contributed by atoms with Crippen molar-refractivity contribution >= 4 is 11.8 Å². The van der Waals surface area contributed by atoms with E-state index in [1.54, 1.807) is 23.3 Å². The van der Waals surface area contributed by atoms with E-state index in [1.165, 1.54) is 0 Å². The summed E-state index contributed by atoms with van der Waals surface area (Å²) in [6, 6.07) is 0.0559. The summed E-state index contributed by atoms with van der Waals surface area (Å²) in [4.78, 5) is 34.6. The molecule has 1 saturated heterocycles.